The van der Waals surface area contributed by atoms with Gasteiger partial charge in [-0.05, 0) is 6.92 Å². The van der Waals surface area contributed by atoms with Crippen molar-refractivity contribution in [2.24, 2.45) is 0 Å². The maximum absolute atomic E-state index is 11.2. The van der Waals surface area contributed by atoms with Gasteiger partial charge < -0.3 is 10.5 Å². The summed E-state index contributed by atoms with van der Waals surface area (Å²) < 4.78 is 4.75. The minimum atomic E-state index is -0.457. The number of halogens is 1. The van der Waals surface area contributed by atoms with Crippen LogP contribution in [0.3, 0.4) is 0 Å². The Morgan fingerprint density at radius 2 is 2.50 bits per heavy atom. The second-order valence-electron chi connectivity index (χ2n) is 2.04. The van der Waals surface area contributed by atoms with Gasteiger partial charge in [-0.15, -0.1) is 11.3 Å². The summed E-state index contributed by atoms with van der Waals surface area (Å²) in [5, 5.41) is 2.37. The van der Waals surface area contributed by atoms with Crippen LogP contribution in [-0.2, 0) is 4.74 Å². The van der Waals surface area contributed by atoms with Gasteiger partial charge in [0.1, 0.15) is 10.6 Å². The molecule has 0 atom stereocenters. The normalized spacial score (nSPS) is 9.83. The summed E-state index contributed by atoms with van der Waals surface area (Å²) >= 11 is 6.94. The second kappa shape index (κ2) is 3.78. The second-order valence-corrected chi connectivity index (χ2v) is 3.36. The Labute approximate surface area is 79.1 Å². The molecule has 5 heteroatoms. The van der Waals surface area contributed by atoms with Crippen molar-refractivity contribution in [3.05, 3.63) is 16.0 Å². The van der Waals surface area contributed by atoms with Crippen molar-refractivity contribution in [2.75, 3.05) is 12.3 Å². The number of carbonyl (C=O) groups is 1. The number of carbonyl (C=O) groups excluding carboxylic acids is 1. The predicted octanol–water partition coefficient (Wildman–Crippen LogP) is 2.16. The lowest BCUT2D eigenvalue weighted by atomic mass is 10.3. The van der Waals surface area contributed by atoms with Gasteiger partial charge in [0.2, 0.25) is 0 Å². The van der Waals surface area contributed by atoms with Crippen LogP contribution >= 0.6 is 22.9 Å². The van der Waals surface area contributed by atoms with Crippen LogP contribution in [0.2, 0.25) is 5.02 Å². The topological polar surface area (TPSA) is 52.3 Å². The number of anilines is 1. The maximum atomic E-state index is 11.2. The maximum Gasteiger partial charge on any atom is 0.342 e. The molecule has 1 rings (SSSR count). The minimum Gasteiger partial charge on any atom is -0.462 e. The molecule has 0 saturated carbocycles. The van der Waals surface area contributed by atoms with Crippen LogP contribution in [-0.4, -0.2) is 12.6 Å². The highest BCUT2D eigenvalue weighted by molar-refractivity contribution is 7.15. The molecule has 0 aliphatic rings. The van der Waals surface area contributed by atoms with Crippen molar-refractivity contribution in [1.29, 1.82) is 0 Å². The van der Waals surface area contributed by atoms with Gasteiger partial charge in [0.25, 0.3) is 0 Å². The lowest BCUT2D eigenvalue weighted by Crippen LogP contribution is -2.06. The van der Waals surface area contributed by atoms with E-state index < -0.39 is 5.97 Å². The highest BCUT2D eigenvalue weighted by atomic mass is 35.5. The Bertz CT molecular complexity index is 278. The molecule has 1 heterocycles. The first kappa shape index (κ1) is 9.35. The van der Waals surface area contributed by atoms with Crippen LogP contribution in [0.15, 0.2) is 5.38 Å². The number of nitrogens with two attached hydrogens (primary N) is 1. The van der Waals surface area contributed by atoms with E-state index in [4.69, 9.17) is 22.1 Å². The number of hydrogen-bond acceptors (Lipinski definition) is 4. The lowest BCUT2D eigenvalue weighted by molar-refractivity contribution is 0.0528. The molecule has 0 aromatic carbocycles. The number of ether oxygens (including phenoxy) is 1. The molecular weight excluding hydrogens is 198 g/mol. The van der Waals surface area contributed by atoms with Crippen LogP contribution in [0.4, 0.5) is 5.00 Å². The molecule has 0 spiro atoms. The summed E-state index contributed by atoms with van der Waals surface area (Å²) in [5.74, 6) is -0.457. The van der Waals surface area contributed by atoms with E-state index in [1.807, 2.05) is 0 Å². The number of nitrogen functional groups attached to an aromatic ring is 1. The van der Waals surface area contributed by atoms with Crippen LogP contribution in [0.1, 0.15) is 17.3 Å². The van der Waals surface area contributed by atoms with Gasteiger partial charge in [-0.25, -0.2) is 4.79 Å². The molecule has 3 nitrogen and oxygen atoms in total. The van der Waals surface area contributed by atoms with E-state index in [-0.39, 0.29) is 5.56 Å². The van der Waals surface area contributed by atoms with Crippen LogP contribution in [0.25, 0.3) is 0 Å². The van der Waals surface area contributed by atoms with Gasteiger partial charge in [-0.3, -0.25) is 0 Å². The monoisotopic (exact) mass is 205 g/mol. The zero-order valence-corrected chi connectivity index (χ0v) is 8.04. The minimum absolute atomic E-state index is 0.281. The fourth-order valence-electron chi connectivity index (χ4n) is 0.752. The van der Waals surface area contributed by atoms with Gasteiger partial charge in [-0.2, -0.15) is 0 Å². The van der Waals surface area contributed by atoms with E-state index in [1.165, 1.54) is 11.3 Å². The smallest absolute Gasteiger partial charge is 0.342 e. The van der Waals surface area contributed by atoms with Gasteiger partial charge >= 0.3 is 5.97 Å². The molecule has 12 heavy (non-hydrogen) atoms. The summed E-state index contributed by atoms with van der Waals surface area (Å²) in [6, 6.07) is 0. The Balaban J connectivity index is 2.93. The first-order valence-electron chi connectivity index (χ1n) is 3.36. The third-order valence-electron chi connectivity index (χ3n) is 1.25. The molecule has 0 fully saturated rings. The van der Waals surface area contributed by atoms with Gasteiger partial charge in [0, 0.05) is 5.38 Å². The van der Waals surface area contributed by atoms with Gasteiger partial charge in [-0.1, -0.05) is 11.6 Å². The zero-order valence-electron chi connectivity index (χ0n) is 6.46. The van der Waals surface area contributed by atoms with E-state index in [2.05, 4.69) is 0 Å². The first-order chi connectivity index (χ1) is 5.66. The molecule has 0 aliphatic heterocycles. The summed E-state index contributed by atoms with van der Waals surface area (Å²) in [6.07, 6.45) is 0. The molecule has 0 unspecified atom stereocenters. The summed E-state index contributed by atoms with van der Waals surface area (Å²) in [4.78, 5) is 11.2. The van der Waals surface area contributed by atoms with Gasteiger partial charge in [0.15, 0.2) is 0 Å². The molecule has 0 bridgehead atoms. The van der Waals surface area contributed by atoms with Crippen LogP contribution in [0, 0.1) is 0 Å². The van der Waals surface area contributed by atoms with Crippen LogP contribution < -0.4 is 5.73 Å². The third kappa shape index (κ3) is 1.70. The fourth-order valence-corrected chi connectivity index (χ4v) is 1.78. The molecule has 0 radical (unpaired) electrons. The number of hydrogen-bond donors (Lipinski definition) is 1. The quantitative estimate of drug-likeness (QED) is 0.753. The van der Waals surface area contributed by atoms with Crippen molar-refractivity contribution in [2.45, 2.75) is 6.92 Å². The van der Waals surface area contributed by atoms with Crippen molar-refractivity contribution >= 4 is 33.9 Å². The number of thiophene rings is 1. The van der Waals surface area contributed by atoms with Crippen LogP contribution in [0.5, 0.6) is 0 Å². The van der Waals surface area contributed by atoms with Gasteiger partial charge in [0.05, 0.1) is 11.6 Å². The zero-order chi connectivity index (χ0) is 9.14. The SMILES string of the molecule is CCOC(=O)c1c(Cl)csc1N. The third-order valence-corrected chi connectivity index (χ3v) is 2.49. The summed E-state index contributed by atoms with van der Waals surface area (Å²) in [7, 11) is 0. The van der Waals surface area contributed by atoms with Crippen molar-refractivity contribution < 1.29 is 9.53 Å². The van der Waals surface area contributed by atoms with Crippen molar-refractivity contribution in [1.82, 2.24) is 0 Å². The fraction of sp³-hybridized carbons (Fsp3) is 0.286. The Kier molecular flexibility index (Phi) is 2.94. The summed E-state index contributed by atoms with van der Waals surface area (Å²) in [5.41, 5.74) is 5.79. The highest BCUT2D eigenvalue weighted by Crippen LogP contribution is 2.29. The molecule has 1 aromatic heterocycles. The number of rotatable bonds is 2. The van der Waals surface area contributed by atoms with Crippen molar-refractivity contribution in [3.63, 3.8) is 0 Å². The molecule has 0 aliphatic carbocycles. The lowest BCUT2D eigenvalue weighted by Gasteiger charge is -2.00. The van der Waals surface area contributed by atoms with E-state index in [0.29, 0.717) is 16.6 Å². The largest absolute Gasteiger partial charge is 0.462 e. The molecule has 66 valence electrons. The Hall–Kier alpha value is -0.740. The molecular formula is C7H8ClNO2S. The average Bonchev–Trinajstić information content (AvgIpc) is 2.32. The van der Waals surface area contributed by atoms with E-state index in [0.717, 1.165) is 0 Å². The molecule has 2 N–H and O–H groups in total. The van der Waals surface area contributed by atoms with E-state index in [9.17, 15) is 4.79 Å². The number of esters is 1. The highest BCUT2D eigenvalue weighted by Gasteiger charge is 2.16. The first-order valence-corrected chi connectivity index (χ1v) is 4.62. The predicted molar refractivity (Wildman–Crippen MR) is 49.7 cm³/mol. The molecule has 0 amide bonds. The standard InChI is InChI=1S/C7H8ClNO2S/c1-2-11-7(10)5-4(8)3-12-6(5)9/h3H,2,9H2,1H3. The van der Waals surface area contributed by atoms with Crippen molar-refractivity contribution in [3.8, 4) is 0 Å². The molecule has 0 saturated heterocycles. The Morgan fingerprint density at radius 3 is 2.92 bits per heavy atom. The molecule has 1 aromatic rings. The van der Waals surface area contributed by atoms with E-state index >= 15 is 0 Å². The Morgan fingerprint density at radius 1 is 1.83 bits per heavy atom. The summed E-state index contributed by atoms with van der Waals surface area (Å²) in [6.45, 7) is 2.05. The average molecular weight is 206 g/mol. The van der Waals surface area contributed by atoms with E-state index in [1.54, 1.807) is 12.3 Å².